The molecule has 0 aromatic carbocycles. The first kappa shape index (κ1) is 12.7. The summed E-state index contributed by atoms with van der Waals surface area (Å²) in [6, 6.07) is 0. The van der Waals surface area contributed by atoms with Gasteiger partial charge in [0.25, 0.3) is 0 Å². The van der Waals surface area contributed by atoms with Crippen LogP contribution >= 0.6 is 22.6 Å². The van der Waals surface area contributed by atoms with Gasteiger partial charge in [0.15, 0.2) is 0 Å². The quantitative estimate of drug-likeness (QED) is 0.571. The van der Waals surface area contributed by atoms with E-state index in [9.17, 15) is 0 Å². The molecule has 0 saturated carbocycles. The van der Waals surface area contributed by atoms with Crippen molar-refractivity contribution in [3.05, 3.63) is 0 Å². The van der Waals surface area contributed by atoms with Gasteiger partial charge in [-0.3, -0.25) is 0 Å². The Morgan fingerprint density at radius 3 is 2.57 bits per heavy atom. The number of rotatable bonds is 5. The Morgan fingerprint density at radius 2 is 2.07 bits per heavy atom. The van der Waals surface area contributed by atoms with Crippen molar-refractivity contribution < 1.29 is 9.47 Å². The van der Waals surface area contributed by atoms with E-state index in [2.05, 4.69) is 34.4 Å². The van der Waals surface area contributed by atoms with Gasteiger partial charge in [0, 0.05) is 26.7 Å². The third kappa shape index (κ3) is 4.91. The van der Waals surface area contributed by atoms with E-state index < -0.39 is 0 Å². The maximum atomic E-state index is 5.77. The van der Waals surface area contributed by atoms with Gasteiger partial charge in [-0.15, -0.1) is 0 Å². The van der Waals surface area contributed by atoms with Crippen LogP contribution in [-0.2, 0) is 9.47 Å². The van der Waals surface area contributed by atoms with Crippen LogP contribution in [0.3, 0.4) is 0 Å². The highest BCUT2D eigenvalue weighted by Gasteiger charge is 2.20. The smallest absolute Gasteiger partial charge is 0.106 e. The monoisotopic (exact) mass is 313 g/mol. The van der Waals surface area contributed by atoms with Crippen molar-refractivity contribution >= 4 is 22.6 Å². The zero-order chi connectivity index (χ0) is 10.4. The average Bonchev–Trinajstić information content (AvgIpc) is 2.16. The number of hydrogen-bond donors (Lipinski definition) is 0. The lowest BCUT2D eigenvalue weighted by Crippen LogP contribution is -2.39. The molecule has 1 atom stereocenters. The van der Waals surface area contributed by atoms with Crippen molar-refractivity contribution in [3.8, 4) is 0 Å². The molecule has 3 nitrogen and oxygen atoms in total. The third-order valence-corrected chi connectivity index (χ3v) is 2.82. The van der Waals surface area contributed by atoms with Gasteiger partial charge >= 0.3 is 0 Å². The summed E-state index contributed by atoms with van der Waals surface area (Å²) in [7, 11) is 1.76. The van der Waals surface area contributed by atoms with E-state index in [0.717, 1.165) is 39.1 Å². The highest BCUT2D eigenvalue weighted by atomic mass is 127. The Balaban J connectivity index is 2.11. The zero-order valence-corrected chi connectivity index (χ0v) is 11.2. The van der Waals surface area contributed by atoms with Crippen LogP contribution < -0.4 is 0 Å². The first-order valence-electron chi connectivity index (χ1n) is 5.23. The topological polar surface area (TPSA) is 21.7 Å². The average molecular weight is 313 g/mol. The Hall–Kier alpha value is 0.610. The number of hydrogen-bond acceptors (Lipinski definition) is 3. The molecule has 4 heteroatoms. The second kappa shape index (κ2) is 6.98. The van der Waals surface area contributed by atoms with Crippen molar-refractivity contribution in [3.63, 3.8) is 0 Å². The summed E-state index contributed by atoms with van der Waals surface area (Å²) in [5.41, 5.74) is 0. The number of halogens is 1. The van der Waals surface area contributed by atoms with Gasteiger partial charge in [-0.05, 0) is 19.8 Å². The molecule has 84 valence electrons. The van der Waals surface area contributed by atoms with Crippen LogP contribution in [0.5, 0.6) is 0 Å². The summed E-state index contributed by atoms with van der Waals surface area (Å²) in [5.74, 6) is 0. The Bertz CT molecular complexity index is 147. The molecule has 1 saturated heterocycles. The van der Waals surface area contributed by atoms with Crippen LogP contribution in [0, 0.1) is 0 Å². The molecule has 0 amide bonds. The van der Waals surface area contributed by atoms with Crippen LogP contribution in [0.1, 0.15) is 19.8 Å². The molecule has 0 aliphatic carbocycles. The van der Waals surface area contributed by atoms with Crippen molar-refractivity contribution in [1.29, 1.82) is 0 Å². The second-order valence-electron chi connectivity index (χ2n) is 3.71. The van der Waals surface area contributed by atoms with Gasteiger partial charge in [0.1, 0.15) is 4.11 Å². The lowest BCUT2D eigenvalue weighted by molar-refractivity contribution is 0.00222. The predicted octanol–water partition coefficient (Wildman–Crippen LogP) is 1.89. The lowest BCUT2D eigenvalue weighted by Gasteiger charge is -2.32. The van der Waals surface area contributed by atoms with Crippen LogP contribution in [0.15, 0.2) is 0 Å². The van der Waals surface area contributed by atoms with Crippen LogP contribution in [0.4, 0.5) is 0 Å². The van der Waals surface area contributed by atoms with E-state index in [1.54, 1.807) is 7.11 Å². The summed E-state index contributed by atoms with van der Waals surface area (Å²) in [4.78, 5) is 2.45. The van der Waals surface area contributed by atoms with Gasteiger partial charge in [-0.1, -0.05) is 22.6 Å². The van der Waals surface area contributed by atoms with Gasteiger partial charge in [0.05, 0.1) is 12.7 Å². The number of ether oxygens (including phenoxy) is 2. The number of piperidine rings is 1. The fourth-order valence-corrected chi connectivity index (χ4v) is 2.17. The normalized spacial score (nSPS) is 22.5. The molecule has 1 heterocycles. The van der Waals surface area contributed by atoms with Crippen molar-refractivity contribution in [2.45, 2.75) is 30.0 Å². The number of methoxy groups -OCH3 is 1. The lowest BCUT2D eigenvalue weighted by atomic mass is 10.1. The van der Waals surface area contributed by atoms with Crippen LogP contribution in [-0.4, -0.2) is 48.5 Å². The summed E-state index contributed by atoms with van der Waals surface area (Å²) >= 11 is 2.32. The minimum atomic E-state index is 0.336. The maximum Gasteiger partial charge on any atom is 0.106 e. The molecule has 1 fully saturated rings. The Labute approximate surface area is 100 Å². The Kier molecular flexibility index (Phi) is 6.32. The molecule has 14 heavy (non-hydrogen) atoms. The Morgan fingerprint density at radius 1 is 1.43 bits per heavy atom. The van der Waals surface area contributed by atoms with Crippen LogP contribution in [0.25, 0.3) is 0 Å². The summed E-state index contributed by atoms with van der Waals surface area (Å²) in [6.07, 6.45) is 2.80. The maximum absolute atomic E-state index is 5.77. The van der Waals surface area contributed by atoms with Crippen molar-refractivity contribution in [1.82, 2.24) is 4.90 Å². The predicted molar refractivity (Wildman–Crippen MR) is 65.9 cm³/mol. The van der Waals surface area contributed by atoms with Gasteiger partial charge in [-0.25, -0.2) is 0 Å². The van der Waals surface area contributed by atoms with Crippen LogP contribution in [0.2, 0.25) is 0 Å². The molecular weight excluding hydrogens is 293 g/mol. The number of nitrogens with zero attached hydrogens (tertiary/aromatic N) is 1. The number of alkyl halides is 1. The summed E-state index contributed by atoms with van der Waals surface area (Å²) in [6.45, 7) is 6.30. The summed E-state index contributed by atoms with van der Waals surface area (Å²) in [5, 5.41) is 0. The fourth-order valence-electron chi connectivity index (χ4n) is 1.75. The van der Waals surface area contributed by atoms with E-state index >= 15 is 0 Å². The highest BCUT2D eigenvalue weighted by Crippen LogP contribution is 2.17. The molecule has 0 radical (unpaired) electrons. The molecule has 0 aromatic rings. The molecule has 0 aromatic heterocycles. The van der Waals surface area contributed by atoms with E-state index in [0.29, 0.717) is 10.2 Å². The summed E-state index contributed by atoms with van der Waals surface area (Å²) < 4.78 is 11.2. The SMILES string of the molecule is COCCN1CCC(OC(C)I)CC1. The molecule has 1 unspecified atom stereocenters. The van der Waals surface area contributed by atoms with E-state index in [1.165, 1.54) is 0 Å². The standard InChI is InChI=1S/C10H20INO2/c1-9(11)14-10-3-5-12(6-4-10)7-8-13-2/h9-10H,3-8H2,1-2H3. The highest BCUT2D eigenvalue weighted by molar-refractivity contribution is 14.1. The van der Waals surface area contributed by atoms with E-state index in [1.807, 2.05) is 0 Å². The van der Waals surface area contributed by atoms with Gasteiger partial charge in [-0.2, -0.15) is 0 Å². The first-order valence-corrected chi connectivity index (χ1v) is 6.47. The van der Waals surface area contributed by atoms with Gasteiger partial charge in [0.2, 0.25) is 0 Å². The molecule has 1 aliphatic heterocycles. The third-order valence-electron chi connectivity index (χ3n) is 2.53. The molecule has 1 rings (SSSR count). The zero-order valence-electron chi connectivity index (χ0n) is 9.04. The molecule has 0 N–H and O–H groups in total. The van der Waals surface area contributed by atoms with Crippen molar-refractivity contribution in [2.24, 2.45) is 0 Å². The minimum Gasteiger partial charge on any atom is -0.383 e. The van der Waals surface area contributed by atoms with E-state index in [4.69, 9.17) is 9.47 Å². The fraction of sp³-hybridized carbons (Fsp3) is 1.00. The first-order chi connectivity index (χ1) is 6.72. The molecule has 0 spiro atoms. The number of likely N-dealkylation sites (tertiary alicyclic amines) is 1. The minimum absolute atomic E-state index is 0.336. The molecule has 0 bridgehead atoms. The van der Waals surface area contributed by atoms with Crippen molar-refractivity contribution in [2.75, 3.05) is 33.4 Å². The molecule has 1 aliphatic rings. The largest absolute Gasteiger partial charge is 0.383 e. The van der Waals surface area contributed by atoms with Gasteiger partial charge < -0.3 is 14.4 Å². The molecular formula is C10H20INO2. The van der Waals surface area contributed by atoms with E-state index in [-0.39, 0.29) is 0 Å². The second-order valence-corrected chi connectivity index (χ2v) is 5.47.